The van der Waals surface area contributed by atoms with Gasteiger partial charge >= 0.3 is 0 Å². The third-order valence-corrected chi connectivity index (χ3v) is 3.77. The Bertz CT molecular complexity index is 312. The third kappa shape index (κ3) is 2.30. The molecular weight excluding hydrogens is 222 g/mol. The minimum atomic E-state index is -0.725. The van der Waals surface area contributed by atoms with Crippen LogP contribution in [-0.2, 0) is 4.79 Å². The van der Waals surface area contributed by atoms with Crippen molar-refractivity contribution in [3.8, 4) is 0 Å². The monoisotopic (exact) mass is 243 g/mol. The molecule has 2 rings (SSSR count). The van der Waals surface area contributed by atoms with Crippen LogP contribution in [0.2, 0.25) is 0 Å². The van der Waals surface area contributed by atoms with Crippen LogP contribution in [0.3, 0.4) is 0 Å². The molecule has 5 N–H and O–H groups in total. The Morgan fingerprint density at radius 3 is 2.76 bits per heavy atom. The molecule has 2 heterocycles. The van der Waals surface area contributed by atoms with Gasteiger partial charge in [-0.25, -0.2) is 0 Å². The highest BCUT2D eigenvalue weighted by Gasteiger charge is 2.46. The van der Waals surface area contributed by atoms with E-state index in [1.165, 1.54) is 0 Å². The van der Waals surface area contributed by atoms with E-state index in [0.717, 1.165) is 0 Å². The van der Waals surface area contributed by atoms with Crippen molar-refractivity contribution in [3.05, 3.63) is 0 Å². The number of hydrogen-bond acceptors (Lipinski definition) is 5. The molecule has 6 nitrogen and oxygen atoms in total. The molecule has 98 valence electrons. The number of likely N-dealkylation sites (tertiary alicyclic amines) is 1. The molecule has 2 aliphatic rings. The molecule has 6 heteroatoms. The Kier molecular flexibility index (Phi) is 3.40. The molecule has 2 saturated heterocycles. The second kappa shape index (κ2) is 4.53. The first-order valence-electron chi connectivity index (χ1n) is 6.08. The number of β-amino-alcohol motifs (C(OH)–C–C–N with tert-alkyl or cyclic N) is 2. The number of hydrogen-bond donors (Lipinski definition) is 4. The van der Waals surface area contributed by atoms with E-state index in [-0.39, 0.29) is 11.9 Å². The first-order chi connectivity index (χ1) is 7.96. The van der Waals surface area contributed by atoms with Gasteiger partial charge in [-0.1, -0.05) is 0 Å². The summed E-state index contributed by atoms with van der Waals surface area (Å²) in [6, 6.07) is -0.0890. The predicted octanol–water partition coefficient (Wildman–Crippen LogP) is -1.98. The second-order valence-electron chi connectivity index (χ2n) is 5.31. The van der Waals surface area contributed by atoms with Crippen LogP contribution in [0.15, 0.2) is 0 Å². The zero-order valence-corrected chi connectivity index (χ0v) is 10.1. The average Bonchev–Trinajstić information content (AvgIpc) is 2.82. The van der Waals surface area contributed by atoms with Crippen LogP contribution in [0.5, 0.6) is 0 Å². The van der Waals surface area contributed by atoms with Crippen LogP contribution in [0.1, 0.15) is 19.8 Å². The number of aliphatic hydroxyl groups excluding tert-OH is 2. The lowest BCUT2D eigenvalue weighted by molar-refractivity contribution is -0.138. The van der Waals surface area contributed by atoms with Crippen molar-refractivity contribution in [1.82, 2.24) is 10.2 Å². The van der Waals surface area contributed by atoms with E-state index in [1.54, 1.807) is 11.8 Å². The van der Waals surface area contributed by atoms with Gasteiger partial charge < -0.3 is 26.2 Å². The fourth-order valence-corrected chi connectivity index (χ4v) is 2.80. The van der Waals surface area contributed by atoms with E-state index in [2.05, 4.69) is 5.32 Å². The molecule has 2 aliphatic heterocycles. The molecule has 0 radical (unpaired) electrons. The van der Waals surface area contributed by atoms with E-state index >= 15 is 0 Å². The van der Waals surface area contributed by atoms with Crippen LogP contribution in [0.4, 0.5) is 0 Å². The number of aliphatic hydroxyl groups is 2. The van der Waals surface area contributed by atoms with Gasteiger partial charge in [-0.2, -0.15) is 0 Å². The molecule has 0 saturated carbocycles. The van der Waals surface area contributed by atoms with Crippen LogP contribution < -0.4 is 11.1 Å². The number of carbonyl (C=O) groups excluding carboxylic acids is 1. The van der Waals surface area contributed by atoms with E-state index in [0.29, 0.717) is 32.5 Å². The van der Waals surface area contributed by atoms with Crippen molar-refractivity contribution in [3.63, 3.8) is 0 Å². The molecule has 2 fully saturated rings. The maximum absolute atomic E-state index is 12.4. The summed E-state index contributed by atoms with van der Waals surface area (Å²) < 4.78 is 0. The highest BCUT2D eigenvalue weighted by atomic mass is 16.3. The van der Waals surface area contributed by atoms with Gasteiger partial charge in [0.25, 0.3) is 0 Å². The van der Waals surface area contributed by atoms with Gasteiger partial charge in [-0.3, -0.25) is 4.79 Å². The zero-order chi connectivity index (χ0) is 12.6. The van der Waals surface area contributed by atoms with Crippen molar-refractivity contribution in [2.75, 3.05) is 19.6 Å². The first kappa shape index (κ1) is 12.8. The molecule has 0 aliphatic carbocycles. The summed E-state index contributed by atoms with van der Waals surface area (Å²) >= 11 is 0. The Morgan fingerprint density at radius 2 is 2.24 bits per heavy atom. The summed E-state index contributed by atoms with van der Waals surface area (Å²) in [5.41, 5.74) is 4.89. The molecular formula is C11H21N3O3. The van der Waals surface area contributed by atoms with Gasteiger partial charge in [0.2, 0.25) is 5.91 Å². The lowest BCUT2D eigenvalue weighted by Crippen LogP contribution is -2.55. The van der Waals surface area contributed by atoms with Gasteiger partial charge in [0.1, 0.15) is 0 Å². The van der Waals surface area contributed by atoms with Crippen LogP contribution in [-0.4, -0.2) is 64.4 Å². The van der Waals surface area contributed by atoms with Crippen molar-refractivity contribution in [1.29, 1.82) is 0 Å². The highest BCUT2D eigenvalue weighted by Crippen LogP contribution is 2.26. The SMILES string of the molecule is CC1(C(=O)N2C[C@H](O)C[C@@H]2CN)CC(O)CN1. The first-order valence-corrected chi connectivity index (χ1v) is 6.08. The standard InChI is InChI=1S/C11H21N3O3/c1-11(3-9(16)5-13-11)10(17)14-6-8(15)2-7(14)4-12/h7-9,13,15-16H,2-6,12H2,1H3/t7-,8-,9?,11?/m1/s1. The number of carbonyl (C=O) groups is 1. The van der Waals surface area contributed by atoms with Crippen molar-refractivity contribution >= 4 is 5.91 Å². The van der Waals surface area contributed by atoms with E-state index in [9.17, 15) is 15.0 Å². The normalized spacial score (nSPS) is 42.1. The second-order valence-corrected chi connectivity index (χ2v) is 5.31. The van der Waals surface area contributed by atoms with Gasteiger partial charge in [-0.05, 0) is 13.3 Å². The molecule has 0 bridgehead atoms. The molecule has 0 aromatic rings. The lowest BCUT2D eigenvalue weighted by Gasteiger charge is -2.32. The summed E-state index contributed by atoms with van der Waals surface area (Å²) in [4.78, 5) is 14.1. The van der Waals surface area contributed by atoms with E-state index in [1.807, 2.05) is 0 Å². The molecule has 0 aromatic carbocycles. The quantitative estimate of drug-likeness (QED) is 0.450. The fourth-order valence-electron chi connectivity index (χ4n) is 2.80. The topological polar surface area (TPSA) is 98.8 Å². The maximum atomic E-state index is 12.4. The number of amides is 1. The Labute approximate surface area is 101 Å². The summed E-state index contributed by atoms with van der Waals surface area (Å²) in [7, 11) is 0. The number of nitrogens with one attached hydrogen (secondary N) is 1. The number of nitrogens with zero attached hydrogens (tertiary/aromatic N) is 1. The lowest BCUT2D eigenvalue weighted by atomic mass is 9.97. The zero-order valence-electron chi connectivity index (χ0n) is 10.1. The Hall–Kier alpha value is -0.690. The third-order valence-electron chi connectivity index (χ3n) is 3.77. The molecule has 17 heavy (non-hydrogen) atoms. The summed E-state index contributed by atoms with van der Waals surface area (Å²) in [5, 5.41) is 22.2. The molecule has 1 amide bonds. The molecule has 0 spiro atoms. The predicted molar refractivity (Wildman–Crippen MR) is 62.2 cm³/mol. The molecule has 2 unspecified atom stereocenters. The Balaban J connectivity index is 2.09. The van der Waals surface area contributed by atoms with Crippen LogP contribution in [0.25, 0.3) is 0 Å². The van der Waals surface area contributed by atoms with Gasteiger partial charge in [-0.15, -0.1) is 0 Å². The summed E-state index contributed by atoms with van der Waals surface area (Å²) in [6.07, 6.45) is -0.00780. The average molecular weight is 243 g/mol. The van der Waals surface area contributed by atoms with Crippen molar-refractivity contribution < 1.29 is 15.0 Å². The summed E-state index contributed by atoms with van der Waals surface area (Å²) in [5.74, 6) is -0.0685. The van der Waals surface area contributed by atoms with Gasteiger partial charge in [0, 0.05) is 32.1 Å². The number of rotatable bonds is 2. The maximum Gasteiger partial charge on any atom is 0.243 e. The highest BCUT2D eigenvalue weighted by molar-refractivity contribution is 5.87. The minimum Gasteiger partial charge on any atom is -0.392 e. The smallest absolute Gasteiger partial charge is 0.243 e. The van der Waals surface area contributed by atoms with Gasteiger partial charge in [0.05, 0.1) is 17.7 Å². The molecule has 0 aromatic heterocycles. The number of nitrogens with two attached hydrogens (primary N) is 1. The van der Waals surface area contributed by atoms with E-state index < -0.39 is 17.7 Å². The van der Waals surface area contributed by atoms with Crippen LogP contribution in [0, 0.1) is 0 Å². The summed E-state index contributed by atoms with van der Waals surface area (Å²) in [6.45, 7) is 2.94. The van der Waals surface area contributed by atoms with Gasteiger partial charge in [0.15, 0.2) is 0 Å². The van der Waals surface area contributed by atoms with Crippen molar-refractivity contribution in [2.24, 2.45) is 5.73 Å². The largest absolute Gasteiger partial charge is 0.392 e. The Morgan fingerprint density at radius 1 is 1.53 bits per heavy atom. The molecule has 4 atom stereocenters. The van der Waals surface area contributed by atoms with Crippen molar-refractivity contribution in [2.45, 2.75) is 43.6 Å². The van der Waals surface area contributed by atoms with E-state index in [4.69, 9.17) is 5.73 Å². The minimum absolute atomic E-state index is 0.0685. The fraction of sp³-hybridized carbons (Fsp3) is 0.909. The van der Waals surface area contributed by atoms with Crippen LogP contribution >= 0.6 is 0 Å².